The lowest BCUT2D eigenvalue weighted by Crippen LogP contribution is -2.08. The van der Waals surface area contributed by atoms with Gasteiger partial charge in [0.15, 0.2) is 0 Å². The Hall–Kier alpha value is -1.01. The first-order valence-corrected chi connectivity index (χ1v) is 3.93. The zero-order valence-corrected chi connectivity index (χ0v) is 7.47. The average Bonchev–Trinajstić information content (AvgIpc) is 2.51. The Balaban J connectivity index is 2.78. The number of hydrogen-bond donors (Lipinski definition) is 1. The van der Waals surface area contributed by atoms with Gasteiger partial charge in [-0.25, -0.2) is 5.90 Å². The molecule has 80 valence electrons. The van der Waals surface area contributed by atoms with Crippen LogP contribution in [-0.4, -0.2) is 6.61 Å². The molecule has 1 rings (SSSR count). The largest absolute Gasteiger partial charge is 0.456 e. The minimum absolute atomic E-state index is 0.116. The maximum atomic E-state index is 12.1. The molecule has 2 N–H and O–H groups in total. The van der Waals surface area contributed by atoms with Crippen LogP contribution in [0.15, 0.2) is 16.5 Å². The van der Waals surface area contributed by atoms with Crippen molar-refractivity contribution in [1.29, 1.82) is 0 Å². The van der Waals surface area contributed by atoms with E-state index in [1.54, 1.807) is 6.92 Å². The van der Waals surface area contributed by atoms with Gasteiger partial charge in [0, 0.05) is 5.92 Å². The number of halogens is 3. The van der Waals surface area contributed by atoms with E-state index in [1.165, 1.54) is 6.07 Å². The average molecular weight is 209 g/mol. The summed E-state index contributed by atoms with van der Waals surface area (Å²) >= 11 is 0. The van der Waals surface area contributed by atoms with Crippen molar-refractivity contribution in [3.8, 4) is 0 Å². The first-order chi connectivity index (χ1) is 6.45. The number of hydrogen-bond acceptors (Lipinski definition) is 3. The van der Waals surface area contributed by atoms with Gasteiger partial charge in [0.2, 0.25) is 5.76 Å². The highest BCUT2D eigenvalue weighted by molar-refractivity contribution is 5.12. The molecule has 0 saturated heterocycles. The van der Waals surface area contributed by atoms with Crippen LogP contribution >= 0.6 is 0 Å². The topological polar surface area (TPSA) is 48.4 Å². The highest BCUT2D eigenvalue weighted by Crippen LogP contribution is 2.32. The van der Waals surface area contributed by atoms with Crippen LogP contribution in [0, 0.1) is 0 Å². The van der Waals surface area contributed by atoms with Crippen LogP contribution < -0.4 is 5.90 Å². The van der Waals surface area contributed by atoms with Gasteiger partial charge in [-0.1, -0.05) is 6.92 Å². The molecule has 14 heavy (non-hydrogen) atoms. The Morgan fingerprint density at radius 1 is 1.50 bits per heavy atom. The van der Waals surface area contributed by atoms with E-state index >= 15 is 0 Å². The fourth-order valence-corrected chi connectivity index (χ4v) is 0.997. The molecular formula is C8H10F3NO2. The molecule has 1 unspecified atom stereocenters. The molecule has 0 aliphatic heterocycles. The quantitative estimate of drug-likeness (QED) is 0.777. The molecule has 0 radical (unpaired) electrons. The molecule has 0 aliphatic rings. The zero-order valence-electron chi connectivity index (χ0n) is 7.47. The second-order valence-corrected chi connectivity index (χ2v) is 2.93. The van der Waals surface area contributed by atoms with E-state index in [1.807, 2.05) is 0 Å². The van der Waals surface area contributed by atoms with E-state index in [4.69, 9.17) is 5.90 Å². The third-order valence-corrected chi connectivity index (χ3v) is 1.74. The standard InChI is InChI=1S/C8H10F3NO2/c1-5(4-13-12)6-2-3-7(14-6)8(9,10)11/h2-3,5H,4,12H2,1H3. The molecular weight excluding hydrogens is 199 g/mol. The Labute approximate surface area is 78.6 Å². The fraction of sp³-hybridized carbons (Fsp3) is 0.500. The van der Waals surface area contributed by atoms with E-state index in [2.05, 4.69) is 9.25 Å². The van der Waals surface area contributed by atoms with Crippen LogP contribution in [0.2, 0.25) is 0 Å². The first-order valence-electron chi connectivity index (χ1n) is 3.93. The van der Waals surface area contributed by atoms with Gasteiger partial charge in [-0.05, 0) is 12.1 Å². The third kappa shape index (κ3) is 2.49. The molecule has 6 heteroatoms. The van der Waals surface area contributed by atoms with E-state index in [0.717, 1.165) is 6.07 Å². The molecule has 0 saturated carbocycles. The highest BCUT2D eigenvalue weighted by atomic mass is 19.4. The molecule has 1 aromatic heterocycles. The van der Waals surface area contributed by atoms with Crippen molar-refractivity contribution in [2.24, 2.45) is 5.90 Å². The highest BCUT2D eigenvalue weighted by Gasteiger charge is 2.35. The molecule has 0 aromatic carbocycles. The SMILES string of the molecule is CC(CON)c1ccc(C(F)(F)F)o1. The lowest BCUT2D eigenvalue weighted by atomic mass is 10.1. The van der Waals surface area contributed by atoms with Crippen LogP contribution in [-0.2, 0) is 11.0 Å². The van der Waals surface area contributed by atoms with E-state index in [0.29, 0.717) is 0 Å². The molecule has 0 spiro atoms. The summed E-state index contributed by atoms with van der Waals surface area (Å²) in [5.74, 6) is 3.71. The van der Waals surface area contributed by atoms with Crippen molar-refractivity contribution >= 4 is 0 Å². The van der Waals surface area contributed by atoms with Crippen molar-refractivity contribution in [2.45, 2.75) is 19.0 Å². The number of rotatable bonds is 3. The molecule has 0 fully saturated rings. The summed E-state index contributed by atoms with van der Waals surface area (Å²) < 4.78 is 40.9. The Kier molecular flexibility index (Phi) is 3.17. The van der Waals surface area contributed by atoms with Gasteiger partial charge < -0.3 is 9.25 Å². The molecule has 3 nitrogen and oxygen atoms in total. The molecule has 0 bridgehead atoms. The Bertz CT molecular complexity index is 295. The predicted molar refractivity (Wildman–Crippen MR) is 42.3 cm³/mol. The van der Waals surface area contributed by atoms with Gasteiger partial charge >= 0.3 is 6.18 Å². The van der Waals surface area contributed by atoms with Crippen molar-refractivity contribution in [1.82, 2.24) is 0 Å². The van der Waals surface area contributed by atoms with E-state index in [-0.39, 0.29) is 18.3 Å². The maximum Gasteiger partial charge on any atom is 0.449 e. The van der Waals surface area contributed by atoms with Crippen molar-refractivity contribution in [3.63, 3.8) is 0 Å². The molecule has 0 amide bonds. The van der Waals surface area contributed by atoms with Crippen LogP contribution in [0.5, 0.6) is 0 Å². The van der Waals surface area contributed by atoms with Crippen LogP contribution in [0.1, 0.15) is 24.4 Å². The third-order valence-electron chi connectivity index (χ3n) is 1.74. The number of nitrogens with two attached hydrogens (primary N) is 1. The van der Waals surface area contributed by atoms with Crippen LogP contribution in [0.3, 0.4) is 0 Å². The summed E-state index contributed by atoms with van der Waals surface area (Å²) in [4.78, 5) is 4.31. The molecule has 0 aliphatic carbocycles. The fourth-order valence-electron chi connectivity index (χ4n) is 0.997. The molecule has 1 atom stereocenters. The predicted octanol–water partition coefficient (Wildman–Crippen LogP) is 2.29. The summed E-state index contributed by atoms with van der Waals surface area (Å²) in [6, 6.07) is 2.16. The monoisotopic (exact) mass is 209 g/mol. The van der Waals surface area contributed by atoms with Crippen molar-refractivity contribution in [3.05, 3.63) is 23.7 Å². The number of alkyl halides is 3. The summed E-state index contributed by atoms with van der Waals surface area (Å²) in [5.41, 5.74) is 0. The van der Waals surface area contributed by atoms with Gasteiger partial charge in [-0.15, -0.1) is 0 Å². The number of furan rings is 1. The van der Waals surface area contributed by atoms with Crippen LogP contribution in [0.25, 0.3) is 0 Å². The maximum absolute atomic E-state index is 12.1. The normalized spacial score (nSPS) is 14.4. The Morgan fingerprint density at radius 2 is 2.14 bits per heavy atom. The first kappa shape index (κ1) is 11.1. The van der Waals surface area contributed by atoms with Gasteiger partial charge in [-0.2, -0.15) is 13.2 Å². The van der Waals surface area contributed by atoms with E-state index in [9.17, 15) is 13.2 Å². The van der Waals surface area contributed by atoms with Gasteiger partial charge in [0.05, 0.1) is 6.61 Å². The molecule has 1 heterocycles. The zero-order chi connectivity index (χ0) is 10.8. The minimum atomic E-state index is -4.44. The summed E-state index contributed by atoms with van der Waals surface area (Å²) in [5, 5.41) is 0. The van der Waals surface area contributed by atoms with E-state index < -0.39 is 11.9 Å². The second kappa shape index (κ2) is 4.02. The summed E-state index contributed by atoms with van der Waals surface area (Å²) in [6.07, 6.45) is -4.44. The Morgan fingerprint density at radius 3 is 2.57 bits per heavy atom. The second-order valence-electron chi connectivity index (χ2n) is 2.93. The lowest BCUT2D eigenvalue weighted by molar-refractivity contribution is -0.153. The minimum Gasteiger partial charge on any atom is -0.456 e. The summed E-state index contributed by atoms with van der Waals surface area (Å²) in [6.45, 7) is 1.77. The van der Waals surface area contributed by atoms with Gasteiger partial charge in [0.1, 0.15) is 5.76 Å². The van der Waals surface area contributed by atoms with Crippen molar-refractivity contribution in [2.75, 3.05) is 6.61 Å². The summed E-state index contributed by atoms with van der Waals surface area (Å²) in [7, 11) is 0. The van der Waals surface area contributed by atoms with Crippen LogP contribution in [0.4, 0.5) is 13.2 Å². The molecule has 1 aromatic rings. The van der Waals surface area contributed by atoms with Gasteiger partial charge in [0.25, 0.3) is 0 Å². The lowest BCUT2D eigenvalue weighted by Gasteiger charge is -2.06. The smallest absolute Gasteiger partial charge is 0.449 e. The van der Waals surface area contributed by atoms with Gasteiger partial charge in [-0.3, -0.25) is 0 Å². The van der Waals surface area contributed by atoms with Crippen molar-refractivity contribution < 1.29 is 22.4 Å².